The Morgan fingerprint density at radius 3 is 2.14 bits per heavy atom. The van der Waals surface area contributed by atoms with Crippen LogP contribution in [0.5, 0.6) is 0 Å². The quantitative estimate of drug-likeness (QED) is 0.872. The molecule has 0 aliphatic carbocycles. The maximum Gasteiger partial charge on any atom is 0.264 e. The van der Waals surface area contributed by atoms with Gasteiger partial charge in [-0.15, -0.1) is 0 Å². The molecule has 0 aliphatic rings. The molecule has 0 amide bonds. The Bertz CT molecular complexity index is 757. The lowest BCUT2D eigenvalue weighted by Crippen LogP contribution is -2.26. The first-order valence-electron chi connectivity index (χ1n) is 6.46. The fourth-order valence-corrected chi connectivity index (χ4v) is 3.12. The van der Waals surface area contributed by atoms with E-state index in [-0.39, 0.29) is 4.90 Å². The third-order valence-corrected chi connectivity index (χ3v) is 5.06. The van der Waals surface area contributed by atoms with Gasteiger partial charge in [-0.2, -0.15) is 5.26 Å². The Kier molecular flexibility index (Phi) is 4.29. The maximum atomic E-state index is 12.5. The smallest absolute Gasteiger partial charge is 0.264 e. The fraction of sp³-hybridized carbons (Fsp3) is 0.188. The van der Waals surface area contributed by atoms with E-state index in [9.17, 15) is 8.42 Å². The minimum absolute atomic E-state index is 0.261. The van der Waals surface area contributed by atoms with E-state index in [1.54, 1.807) is 48.5 Å². The van der Waals surface area contributed by atoms with Gasteiger partial charge in [0.05, 0.1) is 23.1 Å². The first-order valence-corrected chi connectivity index (χ1v) is 7.90. The number of sulfonamides is 1. The summed E-state index contributed by atoms with van der Waals surface area (Å²) < 4.78 is 26.3. The summed E-state index contributed by atoms with van der Waals surface area (Å²) in [6.07, 6.45) is 0.314. The Morgan fingerprint density at radius 2 is 1.62 bits per heavy atom. The standard InChI is InChI=1S/C16H16N2O2S/c1-13-3-9-16(10-4-13)21(19,20)18(2)15-7-5-14(6-8-15)11-12-17/h3-10H,11H2,1-2H3. The summed E-state index contributed by atoms with van der Waals surface area (Å²) in [6, 6.07) is 15.8. The third kappa shape index (κ3) is 3.23. The van der Waals surface area contributed by atoms with E-state index in [2.05, 4.69) is 6.07 Å². The van der Waals surface area contributed by atoms with Crippen molar-refractivity contribution in [3.8, 4) is 6.07 Å². The van der Waals surface area contributed by atoms with Gasteiger partial charge in [-0.05, 0) is 36.8 Å². The number of aryl methyl sites for hydroxylation is 1. The van der Waals surface area contributed by atoms with Crippen molar-refractivity contribution in [2.24, 2.45) is 0 Å². The summed E-state index contributed by atoms with van der Waals surface area (Å²) in [4.78, 5) is 0.261. The number of hydrogen-bond donors (Lipinski definition) is 0. The van der Waals surface area contributed by atoms with Gasteiger partial charge < -0.3 is 0 Å². The van der Waals surface area contributed by atoms with Crippen LogP contribution in [0, 0.1) is 18.3 Å². The Morgan fingerprint density at radius 1 is 1.05 bits per heavy atom. The van der Waals surface area contributed by atoms with Gasteiger partial charge >= 0.3 is 0 Å². The van der Waals surface area contributed by atoms with Crippen molar-refractivity contribution in [1.82, 2.24) is 0 Å². The normalized spacial score (nSPS) is 10.9. The molecule has 0 aliphatic heterocycles. The lowest BCUT2D eigenvalue weighted by Gasteiger charge is -2.19. The van der Waals surface area contributed by atoms with Gasteiger partial charge in [0.2, 0.25) is 0 Å². The van der Waals surface area contributed by atoms with E-state index in [4.69, 9.17) is 5.26 Å². The number of nitrogens with zero attached hydrogens (tertiary/aromatic N) is 2. The van der Waals surface area contributed by atoms with E-state index in [0.29, 0.717) is 12.1 Å². The summed E-state index contributed by atoms with van der Waals surface area (Å²) in [5, 5.41) is 8.64. The van der Waals surface area contributed by atoms with Crippen molar-refractivity contribution in [2.75, 3.05) is 11.4 Å². The first-order chi connectivity index (χ1) is 9.95. The minimum Gasteiger partial charge on any atom is -0.269 e. The van der Waals surface area contributed by atoms with Gasteiger partial charge in [-0.3, -0.25) is 4.31 Å². The SMILES string of the molecule is Cc1ccc(S(=O)(=O)N(C)c2ccc(CC#N)cc2)cc1. The highest BCUT2D eigenvalue weighted by Crippen LogP contribution is 2.22. The van der Waals surface area contributed by atoms with Crippen molar-refractivity contribution in [3.63, 3.8) is 0 Å². The molecule has 0 fully saturated rings. The van der Waals surface area contributed by atoms with Gasteiger partial charge in [-0.25, -0.2) is 8.42 Å². The predicted octanol–water partition coefficient (Wildman–Crippen LogP) is 2.89. The van der Waals surface area contributed by atoms with Crippen molar-refractivity contribution >= 4 is 15.7 Å². The molecule has 21 heavy (non-hydrogen) atoms. The third-order valence-electron chi connectivity index (χ3n) is 3.26. The second-order valence-electron chi connectivity index (χ2n) is 4.79. The summed E-state index contributed by atoms with van der Waals surface area (Å²) in [5.41, 5.74) is 2.44. The fourth-order valence-electron chi connectivity index (χ4n) is 1.92. The zero-order chi connectivity index (χ0) is 15.5. The van der Waals surface area contributed by atoms with Crippen molar-refractivity contribution in [1.29, 1.82) is 5.26 Å². The molecular formula is C16H16N2O2S. The topological polar surface area (TPSA) is 61.2 Å². The maximum absolute atomic E-state index is 12.5. The van der Waals surface area contributed by atoms with Crippen LogP contribution in [0.2, 0.25) is 0 Å². The molecule has 0 unspecified atom stereocenters. The molecular weight excluding hydrogens is 284 g/mol. The van der Waals surface area contributed by atoms with Gasteiger partial charge in [0.15, 0.2) is 0 Å². The van der Waals surface area contributed by atoms with E-state index in [1.165, 1.54) is 11.4 Å². The number of hydrogen-bond acceptors (Lipinski definition) is 3. The average molecular weight is 300 g/mol. The van der Waals surface area contributed by atoms with Crippen LogP contribution in [0.15, 0.2) is 53.4 Å². The first kappa shape index (κ1) is 15.1. The summed E-state index contributed by atoms with van der Waals surface area (Å²) in [5.74, 6) is 0. The molecule has 0 bridgehead atoms. The molecule has 5 heteroatoms. The highest BCUT2D eigenvalue weighted by Gasteiger charge is 2.20. The molecule has 0 spiro atoms. The van der Waals surface area contributed by atoms with Crippen LogP contribution in [0.25, 0.3) is 0 Å². The van der Waals surface area contributed by atoms with E-state index in [1.807, 2.05) is 6.92 Å². The molecule has 0 N–H and O–H groups in total. The van der Waals surface area contributed by atoms with Crippen LogP contribution in [0.3, 0.4) is 0 Å². The minimum atomic E-state index is -3.57. The van der Waals surface area contributed by atoms with Crippen molar-refractivity contribution in [3.05, 3.63) is 59.7 Å². The van der Waals surface area contributed by atoms with Gasteiger partial charge in [0.1, 0.15) is 0 Å². The molecule has 0 saturated carbocycles. The molecule has 2 aromatic rings. The molecule has 2 rings (SSSR count). The van der Waals surface area contributed by atoms with E-state index in [0.717, 1.165) is 11.1 Å². The van der Waals surface area contributed by atoms with Crippen LogP contribution >= 0.6 is 0 Å². The lowest BCUT2D eigenvalue weighted by molar-refractivity contribution is 0.594. The molecule has 0 heterocycles. The number of benzene rings is 2. The molecule has 4 nitrogen and oxygen atoms in total. The molecule has 0 radical (unpaired) electrons. The van der Waals surface area contributed by atoms with Gasteiger partial charge in [-0.1, -0.05) is 29.8 Å². The Hall–Kier alpha value is -2.32. The molecule has 2 aromatic carbocycles. The summed E-state index contributed by atoms with van der Waals surface area (Å²) >= 11 is 0. The molecule has 0 aromatic heterocycles. The molecule has 0 atom stereocenters. The second-order valence-corrected chi connectivity index (χ2v) is 6.76. The predicted molar refractivity (Wildman–Crippen MR) is 82.5 cm³/mol. The van der Waals surface area contributed by atoms with Crippen molar-refractivity contribution in [2.45, 2.75) is 18.2 Å². The largest absolute Gasteiger partial charge is 0.269 e. The van der Waals surface area contributed by atoms with Crippen molar-refractivity contribution < 1.29 is 8.42 Å². The van der Waals surface area contributed by atoms with E-state index < -0.39 is 10.0 Å². The van der Waals surface area contributed by atoms with E-state index >= 15 is 0 Å². The van der Waals surface area contributed by atoms with Crippen LogP contribution in [-0.2, 0) is 16.4 Å². The average Bonchev–Trinajstić information content (AvgIpc) is 2.48. The second kappa shape index (κ2) is 5.98. The Labute approximate surface area is 125 Å². The van der Waals surface area contributed by atoms with Crippen LogP contribution < -0.4 is 4.31 Å². The zero-order valence-corrected chi connectivity index (χ0v) is 12.8. The number of nitriles is 1. The summed E-state index contributed by atoms with van der Waals surface area (Å²) in [7, 11) is -2.04. The molecule has 108 valence electrons. The Balaban J connectivity index is 2.31. The van der Waals surface area contributed by atoms with Gasteiger partial charge in [0.25, 0.3) is 10.0 Å². The lowest BCUT2D eigenvalue weighted by atomic mass is 10.1. The van der Waals surface area contributed by atoms with Gasteiger partial charge in [0, 0.05) is 7.05 Å². The van der Waals surface area contributed by atoms with Crippen LogP contribution in [0.1, 0.15) is 11.1 Å². The van der Waals surface area contributed by atoms with Crippen LogP contribution in [-0.4, -0.2) is 15.5 Å². The number of anilines is 1. The highest BCUT2D eigenvalue weighted by molar-refractivity contribution is 7.92. The number of rotatable bonds is 4. The monoisotopic (exact) mass is 300 g/mol. The zero-order valence-electron chi connectivity index (χ0n) is 11.9. The molecule has 0 saturated heterocycles. The van der Waals surface area contributed by atoms with Crippen LogP contribution in [0.4, 0.5) is 5.69 Å². The highest BCUT2D eigenvalue weighted by atomic mass is 32.2. The summed E-state index contributed by atoms with van der Waals surface area (Å²) in [6.45, 7) is 1.91.